The van der Waals surface area contributed by atoms with E-state index >= 15 is 0 Å². The highest BCUT2D eigenvalue weighted by molar-refractivity contribution is 9.10. The summed E-state index contributed by atoms with van der Waals surface area (Å²) in [6.07, 6.45) is 0. The minimum Gasteiger partial charge on any atom is -0.352 e. The first-order valence-electron chi connectivity index (χ1n) is 5.61. The van der Waals surface area contributed by atoms with Crippen LogP contribution in [0.1, 0.15) is 5.56 Å². The summed E-state index contributed by atoms with van der Waals surface area (Å²) in [6.45, 7) is 1.18. The average molecular weight is 312 g/mol. The Morgan fingerprint density at radius 3 is 2.56 bits per heavy atom. The predicted octanol–water partition coefficient (Wildman–Crippen LogP) is 0.631. The number of hydrogen-bond acceptors (Lipinski definition) is 4. The van der Waals surface area contributed by atoms with Crippen LogP contribution in [0, 0.1) is 0 Å². The number of imide groups is 1. The molecule has 1 aliphatic rings. The fraction of sp³-hybridized carbons (Fsp3) is 0.333. The quantitative estimate of drug-likeness (QED) is 0.804. The number of carbonyl (C=O) groups excluding carboxylic acids is 2. The lowest BCUT2D eigenvalue weighted by atomic mass is 10.2. The Balaban J connectivity index is 2.22. The Morgan fingerprint density at radius 1 is 1.33 bits per heavy atom. The zero-order chi connectivity index (χ0) is 13.1. The number of benzene rings is 1. The molecule has 0 bridgehead atoms. The van der Waals surface area contributed by atoms with E-state index in [1.165, 1.54) is 0 Å². The van der Waals surface area contributed by atoms with Gasteiger partial charge in [-0.05, 0) is 40.7 Å². The zero-order valence-corrected chi connectivity index (χ0v) is 11.6. The van der Waals surface area contributed by atoms with Crippen molar-refractivity contribution in [2.24, 2.45) is 0 Å². The molecule has 1 aromatic carbocycles. The molecule has 0 aliphatic carbocycles. The number of piperazine rings is 1. The second kappa shape index (κ2) is 5.49. The predicted molar refractivity (Wildman–Crippen MR) is 72.3 cm³/mol. The lowest BCUT2D eigenvalue weighted by molar-refractivity contribution is -0.130. The Labute approximate surface area is 114 Å². The summed E-state index contributed by atoms with van der Waals surface area (Å²) in [6, 6.07) is 5.89. The van der Waals surface area contributed by atoms with E-state index in [1.54, 1.807) is 4.90 Å². The second-order valence-electron chi connectivity index (χ2n) is 4.14. The molecule has 1 heterocycles. The van der Waals surface area contributed by atoms with Crippen molar-refractivity contribution < 1.29 is 9.59 Å². The maximum atomic E-state index is 11.3. The zero-order valence-electron chi connectivity index (χ0n) is 10.00. The van der Waals surface area contributed by atoms with Gasteiger partial charge in [0.15, 0.2) is 0 Å². The minimum atomic E-state index is -0.266. The molecule has 1 fully saturated rings. The van der Waals surface area contributed by atoms with Gasteiger partial charge in [0.2, 0.25) is 11.8 Å². The number of amides is 2. The number of rotatable bonds is 3. The van der Waals surface area contributed by atoms with Crippen LogP contribution in [0.15, 0.2) is 22.7 Å². The van der Waals surface area contributed by atoms with Crippen molar-refractivity contribution in [1.82, 2.24) is 10.6 Å². The van der Waals surface area contributed by atoms with Crippen LogP contribution in [-0.2, 0) is 16.1 Å². The first-order valence-corrected chi connectivity index (χ1v) is 6.40. The van der Waals surface area contributed by atoms with Crippen LogP contribution in [0.2, 0.25) is 0 Å². The molecule has 6 heteroatoms. The van der Waals surface area contributed by atoms with Gasteiger partial charge in [0.1, 0.15) is 0 Å². The molecule has 0 radical (unpaired) electrons. The van der Waals surface area contributed by atoms with Crippen LogP contribution in [0.3, 0.4) is 0 Å². The van der Waals surface area contributed by atoms with Gasteiger partial charge in [-0.15, -0.1) is 0 Å². The molecule has 5 nitrogen and oxygen atoms in total. The third-order valence-corrected chi connectivity index (χ3v) is 3.32. The third-order valence-electron chi connectivity index (χ3n) is 2.68. The summed E-state index contributed by atoms with van der Waals surface area (Å²) in [5, 5.41) is 5.36. The highest BCUT2D eigenvalue weighted by atomic mass is 79.9. The van der Waals surface area contributed by atoms with E-state index in [0.717, 1.165) is 22.3 Å². The average Bonchev–Trinajstić information content (AvgIpc) is 2.28. The molecule has 1 aromatic rings. The molecular weight excluding hydrogens is 298 g/mol. The maximum Gasteiger partial charge on any atom is 0.246 e. The molecule has 2 N–H and O–H groups in total. The molecule has 0 spiro atoms. The smallest absolute Gasteiger partial charge is 0.246 e. The molecule has 2 rings (SSSR count). The molecule has 1 saturated heterocycles. The summed E-state index contributed by atoms with van der Waals surface area (Å²) in [5.74, 6) is -0.532. The van der Waals surface area contributed by atoms with E-state index in [-0.39, 0.29) is 24.9 Å². The first-order chi connectivity index (χ1) is 8.60. The van der Waals surface area contributed by atoms with Crippen LogP contribution in [0.25, 0.3) is 0 Å². The van der Waals surface area contributed by atoms with E-state index in [1.807, 2.05) is 25.2 Å². The fourth-order valence-corrected chi connectivity index (χ4v) is 2.61. The number of nitrogens with zero attached hydrogens (tertiary/aromatic N) is 1. The van der Waals surface area contributed by atoms with Crippen molar-refractivity contribution in [1.29, 1.82) is 0 Å². The topological polar surface area (TPSA) is 61.4 Å². The lowest BCUT2D eigenvalue weighted by Gasteiger charge is -2.28. The van der Waals surface area contributed by atoms with Gasteiger partial charge in [0.05, 0.1) is 18.8 Å². The van der Waals surface area contributed by atoms with Crippen molar-refractivity contribution in [3.63, 3.8) is 0 Å². The Morgan fingerprint density at radius 2 is 2.00 bits per heavy atom. The Hall–Kier alpha value is -1.40. The van der Waals surface area contributed by atoms with Gasteiger partial charge >= 0.3 is 0 Å². The minimum absolute atomic E-state index is 0.204. The van der Waals surface area contributed by atoms with Crippen molar-refractivity contribution >= 4 is 33.4 Å². The molecule has 18 heavy (non-hydrogen) atoms. The third kappa shape index (κ3) is 2.88. The number of nitrogens with one attached hydrogen (secondary N) is 2. The first kappa shape index (κ1) is 13.0. The number of anilines is 1. The molecule has 96 valence electrons. The van der Waals surface area contributed by atoms with Gasteiger partial charge < -0.3 is 10.2 Å². The Kier molecular flexibility index (Phi) is 3.98. The van der Waals surface area contributed by atoms with Crippen molar-refractivity contribution in [2.75, 3.05) is 25.0 Å². The monoisotopic (exact) mass is 311 g/mol. The summed E-state index contributed by atoms with van der Waals surface area (Å²) in [7, 11) is 1.88. The van der Waals surface area contributed by atoms with Gasteiger partial charge in [0.25, 0.3) is 0 Å². The van der Waals surface area contributed by atoms with E-state index in [2.05, 4.69) is 26.6 Å². The van der Waals surface area contributed by atoms with Gasteiger partial charge in [-0.1, -0.05) is 6.07 Å². The highest BCUT2D eigenvalue weighted by Crippen LogP contribution is 2.27. The second-order valence-corrected chi connectivity index (χ2v) is 5.00. The summed E-state index contributed by atoms with van der Waals surface area (Å²) < 4.78 is 0.887. The fourth-order valence-electron chi connectivity index (χ4n) is 1.93. The van der Waals surface area contributed by atoms with Crippen molar-refractivity contribution in [3.8, 4) is 0 Å². The molecule has 0 atom stereocenters. The van der Waals surface area contributed by atoms with Crippen LogP contribution < -0.4 is 15.5 Å². The van der Waals surface area contributed by atoms with Crippen molar-refractivity contribution in [2.45, 2.75) is 6.54 Å². The largest absolute Gasteiger partial charge is 0.352 e. The number of carbonyl (C=O) groups is 2. The molecule has 0 saturated carbocycles. The molecule has 0 aromatic heterocycles. The van der Waals surface area contributed by atoms with Gasteiger partial charge in [0, 0.05) is 11.0 Å². The standard InChI is InChI=1S/C12H14BrN3O2/c1-14-5-8-2-3-10(9(13)4-8)16-6-11(17)15-12(18)7-16/h2-4,14H,5-7H2,1H3,(H,15,17,18). The van der Waals surface area contributed by atoms with Crippen molar-refractivity contribution in [3.05, 3.63) is 28.2 Å². The van der Waals surface area contributed by atoms with E-state index in [9.17, 15) is 9.59 Å². The van der Waals surface area contributed by atoms with Crippen LogP contribution >= 0.6 is 15.9 Å². The number of halogens is 1. The van der Waals surface area contributed by atoms with Gasteiger partial charge in [-0.3, -0.25) is 14.9 Å². The molecular formula is C12H14BrN3O2. The number of hydrogen-bond donors (Lipinski definition) is 2. The summed E-state index contributed by atoms with van der Waals surface area (Å²) >= 11 is 3.48. The lowest BCUT2D eigenvalue weighted by Crippen LogP contribution is -2.51. The van der Waals surface area contributed by atoms with E-state index < -0.39 is 0 Å². The SMILES string of the molecule is CNCc1ccc(N2CC(=O)NC(=O)C2)c(Br)c1. The maximum absolute atomic E-state index is 11.3. The van der Waals surface area contributed by atoms with Crippen LogP contribution in [-0.4, -0.2) is 32.0 Å². The summed E-state index contributed by atoms with van der Waals surface area (Å²) in [4.78, 5) is 24.4. The molecule has 0 unspecified atom stereocenters. The highest BCUT2D eigenvalue weighted by Gasteiger charge is 2.23. The van der Waals surface area contributed by atoms with Gasteiger partial charge in [-0.2, -0.15) is 0 Å². The van der Waals surface area contributed by atoms with E-state index in [0.29, 0.717) is 0 Å². The van der Waals surface area contributed by atoms with Crippen LogP contribution in [0.5, 0.6) is 0 Å². The Bertz CT molecular complexity index is 474. The molecule has 1 aliphatic heterocycles. The van der Waals surface area contributed by atoms with Crippen LogP contribution in [0.4, 0.5) is 5.69 Å². The molecule has 2 amide bonds. The normalized spacial score (nSPS) is 15.8. The summed E-state index contributed by atoms with van der Waals surface area (Å²) in [5.41, 5.74) is 2.00. The van der Waals surface area contributed by atoms with Gasteiger partial charge in [-0.25, -0.2) is 0 Å². The van der Waals surface area contributed by atoms with E-state index in [4.69, 9.17) is 0 Å².